The summed E-state index contributed by atoms with van der Waals surface area (Å²) in [6.45, 7) is 1.30. The second-order valence-electron chi connectivity index (χ2n) is 7.52. The maximum atomic E-state index is 12.8. The molecule has 1 aliphatic rings. The summed E-state index contributed by atoms with van der Waals surface area (Å²) in [5.74, 6) is 1.22. The second kappa shape index (κ2) is 7.61. The number of imidazole rings is 1. The molecule has 4 rings (SSSR count). The highest BCUT2D eigenvalue weighted by Crippen LogP contribution is 2.28. The molecule has 1 aromatic heterocycles. The standard InChI is InChI=1S/C21H24N4O3S/c1-24(2)29(27,28)17-9-7-16(8-10-17)21(26)25-13-11-15(12-14-25)20-22-18-5-3-4-6-19(18)23-20/h3-10,15H,11-14H2,1-2H3,(H,22,23). The van der Waals surface area contributed by atoms with Crippen molar-refractivity contribution >= 4 is 27.0 Å². The number of piperidine rings is 1. The van der Waals surface area contributed by atoms with Gasteiger partial charge in [-0.3, -0.25) is 4.79 Å². The Kier molecular flexibility index (Phi) is 5.14. The van der Waals surface area contributed by atoms with Gasteiger partial charge in [0.2, 0.25) is 10.0 Å². The molecule has 0 atom stereocenters. The number of nitrogens with one attached hydrogen (secondary N) is 1. The number of aromatic amines is 1. The van der Waals surface area contributed by atoms with E-state index in [1.807, 2.05) is 29.2 Å². The Morgan fingerprint density at radius 3 is 2.34 bits per heavy atom. The van der Waals surface area contributed by atoms with E-state index in [2.05, 4.69) is 4.98 Å². The Morgan fingerprint density at radius 2 is 1.72 bits per heavy atom. The van der Waals surface area contributed by atoms with Crippen molar-refractivity contribution in [2.24, 2.45) is 0 Å². The molecule has 7 nitrogen and oxygen atoms in total. The lowest BCUT2D eigenvalue weighted by Crippen LogP contribution is -2.38. The van der Waals surface area contributed by atoms with Crippen LogP contribution in [-0.4, -0.2) is 60.7 Å². The average Bonchev–Trinajstić information content (AvgIpc) is 3.17. The number of carbonyl (C=O) groups is 1. The summed E-state index contributed by atoms with van der Waals surface area (Å²) in [5, 5.41) is 0. The molecule has 1 amide bonds. The number of likely N-dealkylation sites (tertiary alicyclic amines) is 1. The number of hydrogen-bond acceptors (Lipinski definition) is 4. The number of sulfonamides is 1. The molecule has 3 aromatic rings. The van der Waals surface area contributed by atoms with Gasteiger partial charge >= 0.3 is 0 Å². The van der Waals surface area contributed by atoms with Crippen molar-refractivity contribution < 1.29 is 13.2 Å². The lowest BCUT2D eigenvalue weighted by atomic mass is 9.95. The van der Waals surface area contributed by atoms with Crippen LogP contribution in [-0.2, 0) is 10.0 Å². The fourth-order valence-corrected chi connectivity index (χ4v) is 4.59. The molecule has 8 heteroatoms. The summed E-state index contributed by atoms with van der Waals surface area (Å²) >= 11 is 0. The average molecular weight is 413 g/mol. The first kappa shape index (κ1) is 19.6. The molecule has 0 unspecified atom stereocenters. The van der Waals surface area contributed by atoms with Crippen LogP contribution in [0.5, 0.6) is 0 Å². The zero-order chi connectivity index (χ0) is 20.6. The number of nitrogens with zero attached hydrogens (tertiary/aromatic N) is 3. The minimum absolute atomic E-state index is 0.0677. The summed E-state index contributed by atoms with van der Waals surface area (Å²) in [5.41, 5.74) is 2.51. The largest absolute Gasteiger partial charge is 0.342 e. The van der Waals surface area contributed by atoms with E-state index in [1.165, 1.54) is 26.2 Å². The molecule has 0 bridgehead atoms. The zero-order valence-corrected chi connectivity index (χ0v) is 17.3. The van der Waals surface area contributed by atoms with Crippen LogP contribution in [0.2, 0.25) is 0 Å². The van der Waals surface area contributed by atoms with E-state index in [9.17, 15) is 13.2 Å². The van der Waals surface area contributed by atoms with Gasteiger partial charge in [-0.25, -0.2) is 17.7 Å². The molecule has 0 aliphatic carbocycles. The third kappa shape index (κ3) is 3.77. The second-order valence-corrected chi connectivity index (χ2v) is 9.67. The Hall–Kier alpha value is -2.71. The first-order chi connectivity index (χ1) is 13.9. The third-order valence-corrected chi connectivity index (χ3v) is 7.29. The number of rotatable bonds is 4. The minimum atomic E-state index is -3.50. The molecule has 0 radical (unpaired) electrons. The number of amides is 1. The number of carbonyl (C=O) groups excluding carboxylic acids is 1. The summed E-state index contributed by atoms with van der Waals surface area (Å²) in [7, 11) is -0.522. The van der Waals surface area contributed by atoms with Crippen LogP contribution in [0.25, 0.3) is 11.0 Å². The lowest BCUT2D eigenvalue weighted by Gasteiger charge is -2.31. The Morgan fingerprint density at radius 1 is 1.07 bits per heavy atom. The van der Waals surface area contributed by atoms with E-state index < -0.39 is 10.0 Å². The van der Waals surface area contributed by atoms with Gasteiger partial charge in [-0.1, -0.05) is 12.1 Å². The molecule has 1 aliphatic heterocycles. The SMILES string of the molecule is CN(C)S(=O)(=O)c1ccc(C(=O)N2CCC(c3nc4ccccc4[nH]3)CC2)cc1. The highest BCUT2D eigenvalue weighted by molar-refractivity contribution is 7.89. The highest BCUT2D eigenvalue weighted by Gasteiger charge is 2.27. The van der Waals surface area contributed by atoms with Crippen molar-refractivity contribution in [3.63, 3.8) is 0 Å². The molecule has 2 aromatic carbocycles. The lowest BCUT2D eigenvalue weighted by molar-refractivity contribution is 0.0711. The van der Waals surface area contributed by atoms with Crippen LogP contribution >= 0.6 is 0 Å². The molecule has 1 saturated heterocycles. The van der Waals surface area contributed by atoms with Crippen LogP contribution in [0.4, 0.5) is 0 Å². The van der Waals surface area contributed by atoms with Crippen molar-refractivity contribution in [3.8, 4) is 0 Å². The van der Waals surface area contributed by atoms with Gasteiger partial charge in [0.1, 0.15) is 5.82 Å². The van der Waals surface area contributed by atoms with Crippen molar-refractivity contribution in [1.82, 2.24) is 19.2 Å². The number of hydrogen-bond donors (Lipinski definition) is 1. The van der Waals surface area contributed by atoms with Gasteiger partial charge in [0, 0.05) is 38.7 Å². The number of aromatic nitrogens is 2. The first-order valence-electron chi connectivity index (χ1n) is 9.63. The van der Waals surface area contributed by atoms with Gasteiger partial charge < -0.3 is 9.88 Å². The van der Waals surface area contributed by atoms with Gasteiger partial charge in [-0.05, 0) is 49.2 Å². The van der Waals surface area contributed by atoms with Gasteiger partial charge in [0.05, 0.1) is 15.9 Å². The van der Waals surface area contributed by atoms with Gasteiger partial charge in [0.25, 0.3) is 5.91 Å². The highest BCUT2D eigenvalue weighted by atomic mass is 32.2. The number of fused-ring (bicyclic) bond motifs is 1. The predicted octanol–water partition coefficient (Wildman–Crippen LogP) is 2.83. The molecular formula is C21H24N4O3S. The third-order valence-electron chi connectivity index (χ3n) is 5.46. The zero-order valence-electron chi connectivity index (χ0n) is 16.5. The van der Waals surface area contributed by atoms with E-state index in [4.69, 9.17) is 4.98 Å². The van der Waals surface area contributed by atoms with E-state index in [0.717, 1.165) is 34.0 Å². The topological polar surface area (TPSA) is 86.4 Å². The van der Waals surface area contributed by atoms with Gasteiger partial charge in [-0.2, -0.15) is 0 Å². The summed E-state index contributed by atoms with van der Waals surface area (Å²) < 4.78 is 25.5. The van der Waals surface area contributed by atoms with Crippen LogP contribution in [0.15, 0.2) is 53.4 Å². The van der Waals surface area contributed by atoms with Crippen molar-refractivity contribution in [3.05, 3.63) is 59.9 Å². The summed E-state index contributed by atoms with van der Waals surface area (Å²) in [6.07, 6.45) is 1.69. The maximum Gasteiger partial charge on any atom is 0.253 e. The maximum absolute atomic E-state index is 12.8. The van der Waals surface area contributed by atoms with Crippen LogP contribution in [0, 0.1) is 0 Å². The number of H-pyrrole nitrogens is 1. The first-order valence-corrected chi connectivity index (χ1v) is 11.1. The number of para-hydroxylation sites is 2. The van der Waals surface area contributed by atoms with Crippen molar-refractivity contribution in [1.29, 1.82) is 0 Å². The van der Waals surface area contributed by atoms with Gasteiger partial charge in [-0.15, -0.1) is 0 Å². The molecule has 29 heavy (non-hydrogen) atoms. The van der Waals surface area contributed by atoms with E-state index in [0.29, 0.717) is 24.6 Å². The van der Waals surface area contributed by atoms with E-state index in [-0.39, 0.29) is 10.8 Å². The fraction of sp³-hybridized carbons (Fsp3) is 0.333. The molecular weight excluding hydrogens is 388 g/mol. The van der Waals surface area contributed by atoms with Gasteiger partial charge in [0.15, 0.2) is 0 Å². The van der Waals surface area contributed by atoms with Crippen molar-refractivity contribution in [2.45, 2.75) is 23.7 Å². The summed E-state index contributed by atoms with van der Waals surface area (Å²) in [4.78, 5) is 22.9. The Bertz CT molecular complexity index is 1100. The predicted molar refractivity (Wildman–Crippen MR) is 111 cm³/mol. The van der Waals surface area contributed by atoms with Crippen LogP contribution < -0.4 is 0 Å². The minimum Gasteiger partial charge on any atom is -0.342 e. The quantitative estimate of drug-likeness (QED) is 0.714. The fourth-order valence-electron chi connectivity index (χ4n) is 3.68. The monoisotopic (exact) mass is 412 g/mol. The van der Waals surface area contributed by atoms with Crippen molar-refractivity contribution in [2.75, 3.05) is 27.2 Å². The number of benzene rings is 2. The summed E-state index contributed by atoms with van der Waals surface area (Å²) in [6, 6.07) is 14.1. The van der Waals surface area contributed by atoms with Crippen LogP contribution in [0.3, 0.4) is 0 Å². The molecule has 152 valence electrons. The molecule has 1 N–H and O–H groups in total. The van der Waals surface area contributed by atoms with E-state index in [1.54, 1.807) is 12.1 Å². The molecule has 1 fully saturated rings. The Labute approximate surface area is 170 Å². The smallest absolute Gasteiger partial charge is 0.253 e. The molecule has 2 heterocycles. The molecule has 0 saturated carbocycles. The normalized spacial score (nSPS) is 15.9. The Balaban J connectivity index is 1.42. The van der Waals surface area contributed by atoms with Crippen LogP contribution in [0.1, 0.15) is 34.9 Å². The van der Waals surface area contributed by atoms with E-state index >= 15 is 0 Å². The molecule has 0 spiro atoms.